The highest BCUT2D eigenvalue weighted by atomic mass is 19.4. The van der Waals surface area contributed by atoms with Crippen LogP contribution in [0.2, 0.25) is 0 Å². The maximum absolute atomic E-state index is 13.4. The van der Waals surface area contributed by atoms with Gasteiger partial charge in [-0.2, -0.15) is 13.2 Å². The van der Waals surface area contributed by atoms with Crippen molar-refractivity contribution in [3.63, 3.8) is 0 Å². The van der Waals surface area contributed by atoms with E-state index < -0.39 is 35.0 Å². The SMILES string of the molecule is CC(C)(C)OC(=O)CC(c1cccc(C(F)(F)F)c1)n1ccn(CCCc2ccc3c(n2)NCCCC3)c1=O. The zero-order valence-electron chi connectivity index (χ0n) is 22.6. The van der Waals surface area contributed by atoms with Gasteiger partial charge in [0.05, 0.1) is 18.0 Å². The fourth-order valence-corrected chi connectivity index (χ4v) is 4.78. The number of nitrogens with one attached hydrogen (secondary N) is 1. The molecule has 1 N–H and O–H groups in total. The molecule has 10 heteroatoms. The highest BCUT2D eigenvalue weighted by Crippen LogP contribution is 2.32. The van der Waals surface area contributed by atoms with Crippen molar-refractivity contribution in [2.24, 2.45) is 0 Å². The van der Waals surface area contributed by atoms with Crippen molar-refractivity contribution < 1.29 is 22.7 Å². The van der Waals surface area contributed by atoms with Crippen molar-refractivity contribution in [1.29, 1.82) is 0 Å². The number of fused-ring (bicyclic) bond motifs is 1. The van der Waals surface area contributed by atoms with E-state index in [2.05, 4.69) is 11.4 Å². The lowest BCUT2D eigenvalue weighted by atomic mass is 10.0. The van der Waals surface area contributed by atoms with Crippen molar-refractivity contribution in [1.82, 2.24) is 14.1 Å². The topological polar surface area (TPSA) is 78.2 Å². The molecule has 2 aromatic heterocycles. The molecule has 0 saturated heterocycles. The zero-order chi connectivity index (χ0) is 28.2. The summed E-state index contributed by atoms with van der Waals surface area (Å²) in [6.07, 6.45) is 2.85. The molecule has 0 aliphatic carbocycles. The first kappa shape index (κ1) is 28.4. The minimum atomic E-state index is -4.55. The number of alkyl halides is 3. The number of pyridine rings is 1. The van der Waals surface area contributed by atoms with Gasteiger partial charge in [0.1, 0.15) is 11.4 Å². The van der Waals surface area contributed by atoms with Crippen LogP contribution in [0.15, 0.2) is 53.6 Å². The van der Waals surface area contributed by atoms with Crippen molar-refractivity contribution in [2.75, 3.05) is 11.9 Å². The summed E-state index contributed by atoms with van der Waals surface area (Å²) in [6.45, 7) is 6.44. The number of hydrogen-bond donors (Lipinski definition) is 1. The molecular formula is C29H35F3N4O3. The van der Waals surface area contributed by atoms with E-state index in [1.54, 1.807) is 27.0 Å². The van der Waals surface area contributed by atoms with Crippen LogP contribution in [0, 0.1) is 0 Å². The molecule has 0 saturated carbocycles. The molecule has 3 heterocycles. The summed E-state index contributed by atoms with van der Waals surface area (Å²) in [6, 6.07) is 7.90. The van der Waals surface area contributed by atoms with Gasteiger partial charge in [0, 0.05) is 31.2 Å². The average molecular weight is 545 g/mol. The van der Waals surface area contributed by atoms with Gasteiger partial charge in [-0.15, -0.1) is 0 Å². The van der Waals surface area contributed by atoms with Gasteiger partial charge in [0.15, 0.2) is 0 Å². The fraction of sp³-hybridized carbons (Fsp3) is 0.483. The number of imidazole rings is 1. The number of esters is 1. The van der Waals surface area contributed by atoms with Crippen LogP contribution in [0.4, 0.5) is 19.0 Å². The van der Waals surface area contributed by atoms with Gasteiger partial charge in [-0.05, 0) is 82.2 Å². The normalized spacial score (nSPS) is 14.7. The molecule has 1 aliphatic heterocycles. The number of rotatable bonds is 8. The summed E-state index contributed by atoms with van der Waals surface area (Å²) < 4.78 is 48.5. The lowest BCUT2D eigenvalue weighted by Crippen LogP contribution is -2.31. The molecule has 0 spiro atoms. The highest BCUT2D eigenvalue weighted by Gasteiger charge is 2.32. The smallest absolute Gasteiger partial charge is 0.416 e. The molecule has 0 amide bonds. The number of carbonyl (C=O) groups is 1. The van der Waals surface area contributed by atoms with Crippen molar-refractivity contribution in [2.45, 2.75) is 83.7 Å². The van der Waals surface area contributed by atoms with Crippen LogP contribution >= 0.6 is 0 Å². The second kappa shape index (κ2) is 11.7. The summed E-state index contributed by atoms with van der Waals surface area (Å²) in [5, 5.41) is 3.38. The molecule has 4 rings (SSSR count). The maximum atomic E-state index is 13.4. The van der Waals surface area contributed by atoms with Crippen molar-refractivity contribution in [3.05, 3.63) is 81.7 Å². The number of ether oxygens (including phenoxy) is 1. The van der Waals surface area contributed by atoms with E-state index in [0.717, 1.165) is 49.5 Å². The number of aryl methyl sites for hydroxylation is 3. The van der Waals surface area contributed by atoms with Crippen LogP contribution in [0.3, 0.4) is 0 Å². The second-order valence-corrected chi connectivity index (χ2v) is 10.9. The first-order chi connectivity index (χ1) is 18.4. The van der Waals surface area contributed by atoms with Crippen molar-refractivity contribution >= 4 is 11.8 Å². The van der Waals surface area contributed by atoms with Crippen LogP contribution in [0.5, 0.6) is 0 Å². The predicted molar refractivity (Wildman–Crippen MR) is 143 cm³/mol. The van der Waals surface area contributed by atoms with Crippen LogP contribution in [0.25, 0.3) is 0 Å². The van der Waals surface area contributed by atoms with Gasteiger partial charge in [-0.1, -0.05) is 18.2 Å². The number of halogens is 3. The molecule has 3 aromatic rings. The third-order valence-corrected chi connectivity index (χ3v) is 6.62. The average Bonchev–Trinajstić information content (AvgIpc) is 3.06. The molecule has 1 atom stereocenters. The fourth-order valence-electron chi connectivity index (χ4n) is 4.78. The molecule has 0 radical (unpaired) electrons. The van der Waals surface area contributed by atoms with Crippen LogP contribution < -0.4 is 11.0 Å². The number of carbonyl (C=O) groups excluding carboxylic acids is 1. The standard InChI is InChI=1S/C29H35F3N4O3/c1-28(2,3)39-25(37)19-24(21-9-6-10-22(18-21)29(30,31)32)36-17-16-35(27(36)38)15-7-11-23-13-12-20-8-4-5-14-33-26(20)34-23/h6,9-10,12-13,16-18,24H,4-5,7-8,11,14-15,19H2,1-3H3,(H,33,34). The molecule has 0 fully saturated rings. The Kier molecular flexibility index (Phi) is 8.51. The van der Waals surface area contributed by atoms with Gasteiger partial charge in [0.2, 0.25) is 0 Å². The highest BCUT2D eigenvalue weighted by molar-refractivity contribution is 5.71. The molecule has 210 valence electrons. The third kappa shape index (κ3) is 7.52. The number of anilines is 1. The first-order valence-electron chi connectivity index (χ1n) is 13.3. The molecular weight excluding hydrogens is 509 g/mol. The Bertz CT molecular complexity index is 1350. The van der Waals surface area contributed by atoms with E-state index in [4.69, 9.17) is 9.72 Å². The van der Waals surface area contributed by atoms with Gasteiger partial charge in [-0.25, -0.2) is 9.78 Å². The monoisotopic (exact) mass is 544 g/mol. The Morgan fingerprint density at radius 3 is 2.67 bits per heavy atom. The number of benzene rings is 1. The lowest BCUT2D eigenvalue weighted by Gasteiger charge is -2.23. The zero-order valence-corrected chi connectivity index (χ0v) is 22.6. The Labute approximate surface area is 226 Å². The minimum Gasteiger partial charge on any atom is -0.460 e. The molecule has 7 nitrogen and oxygen atoms in total. The lowest BCUT2D eigenvalue weighted by molar-refractivity contribution is -0.155. The van der Waals surface area contributed by atoms with Crippen LogP contribution in [0.1, 0.15) is 74.9 Å². The van der Waals surface area contributed by atoms with Gasteiger partial charge in [0.25, 0.3) is 0 Å². The van der Waals surface area contributed by atoms with E-state index in [1.165, 1.54) is 33.0 Å². The largest absolute Gasteiger partial charge is 0.460 e. The minimum absolute atomic E-state index is 0.206. The van der Waals surface area contributed by atoms with Gasteiger partial charge < -0.3 is 10.1 Å². The van der Waals surface area contributed by atoms with Crippen LogP contribution in [-0.4, -0.2) is 32.2 Å². The molecule has 1 aromatic carbocycles. The quantitative estimate of drug-likeness (QED) is 0.365. The Morgan fingerprint density at radius 2 is 1.92 bits per heavy atom. The van der Waals surface area contributed by atoms with Crippen LogP contribution in [-0.2, 0) is 35.1 Å². The van der Waals surface area contributed by atoms with E-state index in [0.29, 0.717) is 19.4 Å². The molecule has 39 heavy (non-hydrogen) atoms. The first-order valence-corrected chi connectivity index (χ1v) is 13.3. The Balaban J connectivity index is 1.53. The molecule has 1 unspecified atom stereocenters. The summed E-state index contributed by atoms with van der Waals surface area (Å²) in [5.41, 5.74) is 0.336. The summed E-state index contributed by atoms with van der Waals surface area (Å²) in [5.74, 6) is 0.326. The number of nitrogens with zero attached hydrogens (tertiary/aromatic N) is 3. The van der Waals surface area contributed by atoms with Crippen molar-refractivity contribution in [3.8, 4) is 0 Å². The summed E-state index contributed by atoms with van der Waals surface area (Å²) in [7, 11) is 0. The van der Waals surface area contributed by atoms with Gasteiger partial charge in [-0.3, -0.25) is 13.9 Å². The molecule has 1 aliphatic rings. The maximum Gasteiger partial charge on any atom is 0.416 e. The summed E-state index contributed by atoms with van der Waals surface area (Å²) >= 11 is 0. The molecule has 0 bridgehead atoms. The van der Waals surface area contributed by atoms with E-state index in [-0.39, 0.29) is 12.0 Å². The predicted octanol–water partition coefficient (Wildman–Crippen LogP) is 5.77. The van der Waals surface area contributed by atoms with E-state index >= 15 is 0 Å². The number of hydrogen-bond acceptors (Lipinski definition) is 5. The van der Waals surface area contributed by atoms with E-state index in [1.807, 2.05) is 6.07 Å². The number of aromatic nitrogens is 3. The Hall–Kier alpha value is -3.56. The van der Waals surface area contributed by atoms with E-state index in [9.17, 15) is 22.8 Å². The Morgan fingerprint density at radius 1 is 1.13 bits per heavy atom. The summed E-state index contributed by atoms with van der Waals surface area (Å²) in [4.78, 5) is 30.8. The third-order valence-electron chi connectivity index (χ3n) is 6.62. The second-order valence-electron chi connectivity index (χ2n) is 10.9. The van der Waals surface area contributed by atoms with Gasteiger partial charge >= 0.3 is 17.8 Å².